The molecule has 0 saturated heterocycles. The van der Waals surface area contributed by atoms with Gasteiger partial charge in [0.05, 0.1) is 12.5 Å². The molecule has 1 amide bonds. The van der Waals surface area contributed by atoms with E-state index in [-0.39, 0.29) is 17.7 Å². The highest BCUT2D eigenvalue weighted by atomic mass is 16.5. The second-order valence-electron chi connectivity index (χ2n) is 6.29. The zero-order chi connectivity index (χ0) is 20.8. The number of benzene rings is 2. The third-order valence-electron chi connectivity index (χ3n) is 4.12. The van der Waals surface area contributed by atoms with Gasteiger partial charge < -0.3 is 15.2 Å². The average Bonchev–Trinajstić information content (AvgIpc) is 2.70. The number of rotatable bonds is 7. The number of carboxylic acid groups (broad SMARTS) is 1. The van der Waals surface area contributed by atoms with Gasteiger partial charge in [0.1, 0.15) is 17.2 Å². The van der Waals surface area contributed by atoms with Gasteiger partial charge in [-0.15, -0.1) is 0 Å². The number of hydrogen-bond acceptors (Lipinski definition) is 5. The molecular formula is C21H19N3O5. The molecule has 3 aromatic rings. The van der Waals surface area contributed by atoms with Gasteiger partial charge in [0.2, 0.25) is 0 Å². The van der Waals surface area contributed by atoms with Crippen LogP contribution in [0.2, 0.25) is 0 Å². The van der Waals surface area contributed by atoms with E-state index in [1.807, 2.05) is 18.2 Å². The fraction of sp³-hybridized carbons (Fsp3) is 0.143. The zero-order valence-corrected chi connectivity index (χ0v) is 15.6. The Labute approximate surface area is 166 Å². The van der Waals surface area contributed by atoms with E-state index in [1.165, 1.54) is 19.2 Å². The number of carbonyl (C=O) groups is 2. The summed E-state index contributed by atoms with van der Waals surface area (Å²) in [4.78, 5) is 35.3. The predicted octanol–water partition coefficient (Wildman–Crippen LogP) is 2.52. The number of aryl methyl sites for hydroxylation is 1. The standard InChI is InChI=1S/C21H19N3O5/c1-24-19(25)11-10-17(23-24)21(28)22-18(13-20(26)27)14-6-5-9-16(12-14)29-15-7-3-2-4-8-15/h2-12,18H,13H2,1H3,(H,22,28)(H,26,27)/t18-/m0/s1. The van der Waals surface area contributed by atoms with E-state index in [0.717, 1.165) is 4.68 Å². The second-order valence-corrected chi connectivity index (χ2v) is 6.29. The quantitative estimate of drug-likeness (QED) is 0.638. The lowest BCUT2D eigenvalue weighted by atomic mass is 10.0. The minimum absolute atomic E-state index is 0.0131. The number of ether oxygens (including phenoxy) is 1. The van der Waals surface area contributed by atoms with Gasteiger partial charge >= 0.3 is 5.97 Å². The van der Waals surface area contributed by atoms with Crippen LogP contribution in [0.25, 0.3) is 0 Å². The van der Waals surface area contributed by atoms with Crippen molar-refractivity contribution in [1.29, 1.82) is 0 Å². The van der Waals surface area contributed by atoms with Crippen LogP contribution in [-0.4, -0.2) is 26.8 Å². The van der Waals surface area contributed by atoms with Crippen LogP contribution in [0.4, 0.5) is 0 Å². The smallest absolute Gasteiger partial charge is 0.305 e. The lowest BCUT2D eigenvalue weighted by molar-refractivity contribution is -0.137. The molecule has 3 rings (SSSR count). The SMILES string of the molecule is Cn1nc(C(=O)N[C@@H](CC(=O)O)c2cccc(Oc3ccccc3)c2)ccc1=O. The Hall–Kier alpha value is -3.94. The van der Waals surface area contributed by atoms with Crippen LogP contribution >= 0.6 is 0 Å². The minimum Gasteiger partial charge on any atom is -0.481 e. The first-order chi connectivity index (χ1) is 13.9. The third-order valence-corrected chi connectivity index (χ3v) is 4.12. The molecule has 0 bridgehead atoms. The monoisotopic (exact) mass is 393 g/mol. The van der Waals surface area contributed by atoms with E-state index in [4.69, 9.17) is 4.74 Å². The molecule has 0 spiro atoms. The molecule has 0 aliphatic heterocycles. The van der Waals surface area contributed by atoms with Crippen molar-refractivity contribution in [1.82, 2.24) is 15.1 Å². The van der Waals surface area contributed by atoms with Crippen molar-refractivity contribution < 1.29 is 19.4 Å². The first-order valence-corrected chi connectivity index (χ1v) is 8.82. The number of aliphatic carboxylic acids is 1. The lowest BCUT2D eigenvalue weighted by Crippen LogP contribution is -2.32. The number of carbonyl (C=O) groups excluding carboxylic acids is 1. The van der Waals surface area contributed by atoms with Crippen molar-refractivity contribution in [3.8, 4) is 11.5 Å². The third kappa shape index (κ3) is 5.29. The molecule has 1 aromatic heterocycles. The molecule has 0 unspecified atom stereocenters. The Balaban J connectivity index is 1.83. The van der Waals surface area contributed by atoms with Crippen molar-refractivity contribution in [3.63, 3.8) is 0 Å². The molecule has 2 aromatic carbocycles. The van der Waals surface area contributed by atoms with E-state index in [2.05, 4.69) is 10.4 Å². The normalized spacial score (nSPS) is 11.5. The Morgan fingerprint density at radius 3 is 2.48 bits per heavy atom. The van der Waals surface area contributed by atoms with E-state index in [1.54, 1.807) is 36.4 Å². The number of carboxylic acids is 1. The summed E-state index contributed by atoms with van der Waals surface area (Å²) in [5, 5.41) is 15.8. The first-order valence-electron chi connectivity index (χ1n) is 8.82. The molecule has 1 heterocycles. The first kappa shape index (κ1) is 19.8. The van der Waals surface area contributed by atoms with Crippen LogP contribution in [0.1, 0.15) is 28.5 Å². The molecule has 2 N–H and O–H groups in total. The van der Waals surface area contributed by atoms with Gasteiger partial charge in [-0.3, -0.25) is 14.4 Å². The van der Waals surface area contributed by atoms with E-state index >= 15 is 0 Å². The molecular weight excluding hydrogens is 374 g/mol. The molecule has 8 heteroatoms. The summed E-state index contributed by atoms with van der Waals surface area (Å²) >= 11 is 0. The Bertz CT molecular complexity index is 1080. The van der Waals surface area contributed by atoms with Crippen LogP contribution in [-0.2, 0) is 11.8 Å². The average molecular weight is 393 g/mol. The Morgan fingerprint density at radius 1 is 1.07 bits per heavy atom. The molecule has 1 atom stereocenters. The summed E-state index contributed by atoms with van der Waals surface area (Å²) in [6.07, 6.45) is -0.327. The molecule has 0 radical (unpaired) electrons. The number of amides is 1. The molecule has 148 valence electrons. The van der Waals surface area contributed by atoms with Gasteiger partial charge in [-0.1, -0.05) is 30.3 Å². The maximum Gasteiger partial charge on any atom is 0.305 e. The van der Waals surface area contributed by atoms with Gasteiger partial charge in [0, 0.05) is 13.1 Å². The highest BCUT2D eigenvalue weighted by Gasteiger charge is 2.20. The number of hydrogen-bond donors (Lipinski definition) is 2. The van der Waals surface area contributed by atoms with E-state index in [9.17, 15) is 19.5 Å². The van der Waals surface area contributed by atoms with Crippen LogP contribution in [0.3, 0.4) is 0 Å². The highest BCUT2D eigenvalue weighted by Crippen LogP contribution is 2.26. The largest absolute Gasteiger partial charge is 0.481 e. The van der Waals surface area contributed by atoms with Gasteiger partial charge in [-0.2, -0.15) is 5.10 Å². The Kier molecular flexibility index (Phi) is 6.03. The molecule has 8 nitrogen and oxygen atoms in total. The van der Waals surface area contributed by atoms with Gasteiger partial charge in [0.15, 0.2) is 0 Å². The maximum atomic E-state index is 12.5. The summed E-state index contributed by atoms with van der Waals surface area (Å²) < 4.78 is 6.82. The summed E-state index contributed by atoms with van der Waals surface area (Å²) in [7, 11) is 1.43. The number of aromatic nitrogens is 2. The predicted molar refractivity (Wildman–Crippen MR) is 105 cm³/mol. The van der Waals surface area contributed by atoms with Gasteiger partial charge in [0.25, 0.3) is 11.5 Å². The van der Waals surface area contributed by atoms with Gasteiger partial charge in [-0.25, -0.2) is 4.68 Å². The lowest BCUT2D eigenvalue weighted by Gasteiger charge is -2.18. The maximum absolute atomic E-state index is 12.5. The zero-order valence-electron chi connectivity index (χ0n) is 15.6. The van der Waals surface area contributed by atoms with Crippen LogP contribution in [0.15, 0.2) is 71.5 Å². The molecule has 0 aliphatic carbocycles. The highest BCUT2D eigenvalue weighted by molar-refractivity contribution is 5.92. The van der Waals surface area contributed by atoms with Crippen molar-refractivity contribution >= 4 is 11.9 Å². The minimum atomic E-state index is -1.07. The fourth-order valence-corrected chi connectivity index (χ4v) is 2.70. The summed E-state index contributed by atoms with van der Waals surface area (Å²) in [5.41, 5.74) is 0.229. The summed E-state index contributed by atoms with van der Waals surface area (Å²) in [6.45, 7) is 0. The van der Waals surface area contributed by atoms with Crippen LogP contribution < -0.4 is 15.6 Å². The molecule has 0 fully saturated rings. The summed E-state index contributed by atoms with van der Waals surface area (Å²) in [5.74, 6) is -0.504. The number of nitrogens with zero attached hydrogens (tertiary/aromatic N) is 2. The van der Waals surface area contributed by atoms with E-state index in [0.29, 0.717) is 17.1 Å². The fourth-order valence-electron chi connectivity index (χ4n) is 2.70. The van der Waals surface area contributed by atoms with Crippen molar-refractivity contribution in [3.05, 3.63) is 88.3 Å². The van der Waals surface area contributed by atoms with Crippen molar-refractivity contribution in [2.75, 3.05) is 0 Å². The van der Waals surface area contributed by atoms with Crippen LogP contribution in [0.5, 0.6) is 11.5 Å². The number of nitrogens with one attached hydrogen (secondary N) is 1. The van der Waals surface area contributed by atoms with Crippen LogP contribution in [0, 0.1) is 0 Å². The van der Waals surface area contributed by atoms with Crippen molar-refractivity contribution in [2.45, 2.75) is 12.5 Å². The Morgan fingerprint density at radius 2 is 1.79 bits per heavy atom. The summed E-state index contributed by atoms with van der Waals surface area (Å²) in [6, 6.07) is 17.7. The van der Waals surface area contributed by atoms with Gasteiger partial charge in [-0.05, 0) is 35.9 Å². The number of para-hydroxylation sites is 1. The van der Waals surface area contributed by atoms with Crippen molar-refractivity contribution in [2.24, 2.45) is 7.05 Å². The molecule has 29 heavy (non-hydrogen) atoms. The second kappa shape index (κ2) is 8.83. The van der Waals surface area contributed by atoms with E-state index < -0.39 is 17.9 Å². The molecule has 0 aliphatic rings. The molecule has 0 saturated carbocycles. The topological polar surface area (TPSA) is 111 Å².